The van der Waals surface area contributed by atoms with Gasteiger partial charge in [0.15, 0.2) is 0 Å². The maximum atomic E-state index is 11.8. The maximum Gasteiger partial charge on any atom is 0.408 e. The van der Waals surface area contributed by atoms with Gasteiger partial charge < -0.3 is 24.6 Å². The zero-order valence-electron chi connectivity index (χ0n) is 14.1. The molecular weight excluding hydrogens is 314 g/mol. The fourth-order valence-corrected chi connectivity index (χ4v) is 2.06. The number of rotatable bonds is 6. The van der Waals surface area contributed by atoms with Crippen molar-refractivity contribution < 1.29 is 28.9 Å². The first-order valence-electron chi connectivity index (χ1n) is 7.78. The minimum atomic E-state index is -1.12. The van der Waals surface area contributed by atoms with Gasteiger partial charge in [-0.3, -0.25) is 0 Å². The molecule has 0 saturated carbocycles. The van der Waals surface area contributed by atoms with E-state index in [0.29, 0.717) is 19.0 Å². The highest BCUT2D eigenvalue weighted by Gasteiger charge is 2.24. The Balaban J connectivity index is 1.91. The lowest BCUT2D eigenvalue weighted by Crippen LogP contribution is -2.44. The number of carboxylic acids is 1. The SMILES string of the molecule is CC(C)(C)OC(=O)N[C@@H](Cc1ccc(OC2COC2)cc1)C(=O)O. The molecule has 0 radical (unpaired) electrons. The van der Waals surface area contributed by atoms with Crippen LogP contribution in [0, 0.1) is 0 Å². The van der Waals surface area contributed by atoms with Crippen molar-refractivity contribution >= 4 is 12.1 Å². The van der Waals surface area contributed by atoms with E-state index < -0.39 is 23.7 Å². The van der Waals surface area contributed by atoms with Gasteiger partial charge in [0.1, 0.15) is 23.5 Å². The molecule has 1 aromatic rings. The third kappa shape index (κ3) is 5.73. The molecule has 1 aromatic carbocycles. The average Bonchev–Trinajstić information content (AvgIpc) is 2.41. The Kier molecular flexibility index (Phi) is 5.66. The van der Waals surface area contributed by atoms with Crippen molar-refractivity contribution in [1.29, 1.82) is 0 Å². The van der Waals surface area contributed by atoms with Crippen LogP contribution < -0.4 is 10.1 Å². The number of carbonyl (C=O) groups excluding carboxylic acids is 1. The third-order valence-electron chi connectivity index (χ3n) is 3.26. The first-order chi connectivity index (χ1) is 11.2. The lowest BCUT2D eigenvalue weighted by Gasteiger charge is -2.26. The predicted octanol–water partition coefficient (Wildman–Crippen LogP) is 1.98. The van der Waals surface area contributed by atoms with Crippen LogP contribution in [-0.2, 0) is 20.7 Å². The summed E-state index contributed by atoms with van der Waals surface area (Å²) in [6, 6.07) is 6.05. The van der Waals surface area contributed by atoms with E-state index in [2.05, 4.69) is 5.32 Å². The molecule has 1 atom stereocenters. The zero-order valence-corrected chi connectivity index (χ0v) is 14.1. The normalized spacial score (nSPS) is 16.0. The summed E-state index contributed by atoms with van der Waals surface area (Å²) in [7, 11) is 0. The van der Waals surface area contributed by atoms with Crippen molar-refractivity contribution in [3.8, 4) is 5.75 Å². The molecular formula is C17H23NO6. The van der Waals surface area contributed by atoms with Crippen LogP contribution in [0.5, 0.6) is 5.75 Å². The molecule has 1 aliphatic heterocycles. The highest BCUT2D eigenvalue weighted by Crippen LogP contribution is 2.18. The number of hydrogen-bond acceptors (Lipinski definition) is 5. The number of benzene rings is 1. The molecule has 1 saturated heterocycles. The molecule has 1 fully saturated rings. The number of carbonyl (C=O) groups is 2. The number of alkyl carbamates (subject to hydrolysis) is 1. The molecule has 0 spiro atoms. The monoisotopic (exact) mass is 337 g/mol. The van der Waals surface area contributed by atoms with E-state index in [1.807, 2.05) is 0 Å². The van der Waals surface area contributed by atoms with Gasteiger partial charge in [-0.2, -0.15) is 0 Å². The molecule has 24 heavy (non-hydrogen) atoms. The zero-order chi connectivity index (χ0) is 17.7. The molecule has 0 aliphatic carbocycles. The van der Waals surface area contributed by atoms with Crippen LogP contribution in [0.15, 0.2) is 24.3 Å². The van der Waals surface area contributed by atoms with Crippen molar-refractivity contribution in [2.75, 3.05) is 13.2 Å². The number of nitrogens with one attached hydrogen (secondary N) is 1. The van der Waals surface area contributed by atoms with Crippen LogP contribution in [0.25, 0.3) is 0 Å². The molecule has 132 valence electrons. The van der Waals surface area contributed by atoms with Gasteiger partial charge in [-0.1, -0.05) is 12.1 Å². The van der Waals surface area contributed by atoms with Gasteiger partial charge in [0.25, 0.3) is 0 Å². The van der Waals surface area contributed by atoms with Crippen molar-refractivity contribution in [3.05, 3.63) is 29.8 Å². The van der Waals surface area contributed by atoms with E-state index in [1.165, 1.54) is 0 Å². The number of amides is 1. The molecule has 7 nitrogen and oxygen atoms in total. The largest absolute Gasteiger partial charge is 0.486 e. The Morgan fingerprint density at radius 2 is 1.92 bits per heavy atom. The second kappa shape index (κ2) is 7.53. The fourth-order valence-electron chi connectivity index (χ4n) is 2.06. The van der Waals surface area contributed by atoms with Gasteiger partial charge in [-0.05, 0) is 38.5 Å². The molecule has 0 bridgehead atoms. The smallest absolute Gasteiger partial charge is 0.408 e. The summed E-state index contributed by atoms with van der Waals surface area (Å²) in [5.74, 6) is -0.410. The fraction of sp³-hybridized carbons (Fsp3) is 0.529. The van der Waals surface area contributed by atoms with Gasteiger partial charge in [0.2, 0.25) is 0 Å². The Labute approximate surface area is 140 Å². The number of carboxylic acid groups (broad SMARTS) is 1. The molecule has 1 heterocycles. The minimum absolute atomic E-state index is 0.0800. The van der Waals surface area contributed by atoms with Crippen molar-refractivity contribution in [1.82, 2.24) is 5.32 Å². The summed E-state index contributed by atoms with van der Waals surface area (Å²) in [6.45, 7) is 6.32. The highest BCUT2D eigenvalue weighted by atomic mass is 16.6. The van der Waals surface area contributed by atoms with Crippen LogP contribution in [0.2, 0.25) is 0 Å². The van der Waals surface area contributed by atoms with Crippen LogP contribution in [0.1, 0.15) is 26.3 Å². The van der Waals surface area contributed by atoms with Gasteiger partial charge in [-0.15, -0.1) is 0 Å². The van der Waals surface area contributed by atoms with E-state index in [0.717, 1.165) is 5.56 Å². The second-order valence-corrected chi connectivity index (χ2v) is 6.66. The van der Waals surface area contributed by atoms with Crippen molar-refractivity contribution in [3.63, 3.8) is 0 Å². The van der Waals surface area contributed by atoms with Gasteiger partial charge in [-0.25, -0.2) is 9.59 Å². The first kappa shape index (κ1) is 18.1. The summed E-state index contributed by atoms with van der Waals surface area (Å²) in [5, 5.41) is 11.7. The Morgan fingerprint density at radius 1 is 1.29 bits per heavy atom. The van der Waals surface area contributed by atoms with E-state index >= 15 is 0 Å². The number of ether oxygens (including phenoxy) is 3. The number of aliphatic carboxylic acids is 1. The summed E-state index contributed by atoms with van der Waals surface area (Å²) >= 11 is 0. The summed E-state index contributed by atoms with van der Waals surface area (Å²) in [4.78, 5) is 23.1. The highest BCUT2D eigenvalue weighted by molar-refractivity contribution is 5.80. The Morgan fingerprint density at radius 3 is 2.38 bits per heavy atom. The number of hydrogen-bond donors (Lipinski definition) is 2. The Bertz CT molecular complexity index is 574. The molecule has 0 aromatic heterocycles. The summed E-state index contributed by atoms with van der Waals surface area (Å²) < 4.78 is 15.8. The van der Waals surface area contributed by atoms with Crippen LogP contribution >= 0.6 is 0 Å². The topological polar surface area (TPSA) is 94.1 Å². The van der Waals surface area contributed by atoms with E-state index in [9.17, 15) is 14.7 Å². The van der Waals surface area contributed by atoms with Crippen LogP contribution in [0.4, 0.5) is 4.79 Å². The van der Waals surface area contributed by atoms with E-state index in [-0.39, 0.29) is 12.5 Å². The standard InChI is InChI=1S/C17H23NO6/c1-17(2,3)24-16(21)18-14(15(19)20)8-11-4-6-12(7-5-11)23-13-9-22-10-13/h4-7,13-14H,8-10H2,1-3H3,(H,18,21)(H,19,20)/t14-/m0/s1. The molecule has 1 amide bonds. The lowest BCUT2D eigenvalue weighted by molar-refractivity contribution is -0.139. The quantitative estimate of drug-likeness (QED) is 0.824. The molecule has 2 N–H and O–H groups in total. The minimum Gasteiger partial charge on any atom is -0.486 e. The average molecular weight is 337 g/mol. The van der Waals surface area contributed by atoms with E-state index in [4.69, 9.17) is 14.2 Å². The predicted molar refractivity (Wildman–Crippen MR) is 86.2 cm³/mol. The lowest BCUT2D eigenvalue weighted by atomic mass is 10.1. The van der Waals surface area contributed by atoms with E-state index in [1.54, 1.807) is 45.0 Å². The third-order valence-corrected chi connectivity index (χ3v) is 3.26. The van der Waals surface area contributed by atoms with Gasteiger partial charge in [0, 0.05) is 6.42 Å². The Hall–Kier alpha value is -2.28. The van der Waals surface area contributed by atoms with Crippen molar-refractivity contribution in [2.45, 2.75) is 44.9 Å². The second-order valence-electron chi connectivity index (χ2n) is 6.66. The molecule has 7 heteroatoms. The van der Waals surface area contributed by atoms with Crippen molar-refractivity contribution in [2.24, 2.45) is 0 Å². The maximum absolute atomic E-state index is 11.8. The molecule has 2 rings (SSSR count). The summed E-state index contributed by atoms with van der Waals surface area (Å²) in [6.07, 6.45) is -0.516. The van der Waals surface area contributed by atoms with Gasteiger partial charge >= 0.3 is 12.1 Å². The molecule has 0 unspecified atom stereocenters. The summed E-state index contributed by atoms with van der Waals surface area (Å²) in [5.41, 5.74) is 0.0906. The first-order valence-corrected chi connectivity index (χ1v) is 7.78. The van der Waals surface area contributed by atoms with Crippen LogP contribution in [0.3, 0.4) is 0 Å². The van der Waals surface area contributed by atoms with Crippen LogP contribution in [-0.4, -0.2) is 48.1 Å². The molecule has 1 aliphatic rings. The van der Waals surface area contributed by atoms with Gasteiger partial charge in [0.05, 0.1) is 13.2 Å².